The zero-order valence-corrected chi connectivity index (χ0v) is 15.9. The lowest BCUT2D eigenvalue weighted by atomic mass is 10.1. The van der Waals surface area contributed by atoms with Crippen LogP contribution in [0.3, 0.4) is 0 Å². The average molecular weight is 383 g/mol. The molecule has 0 aliphatic heterocycles. The molecule has 0 aliphatic carbocycles. The van der Waals surface area contributed by atoms with Gasteiger partial charge in [-0.2, -0.15) is 13.2 Å². The lowest BCUT2D eigenvalue weighted by molar-refractivity contribution is -0.137. The van der Waals surface area contributed by atoms with Crippen molar-refractivity contribution in [1.82, 2.24) is 5.16 Å². The topological polar surface area (TPSA) is 58.4 Å². The lowest BCUT2D eigenvalue weighted by Gasteiger charge is -2.25. The van der Waals surface area contributed by atoms with Crippen LogP contribution in [-0.4, -0.2) is 24.2 Å². The molecule has 1 N–H and O–H groups in total. The van der Waals surface area contributed by atoms with E-state index in [1.54, 1.807) is 13.8 Å². The van der Waals surface area contributed by atoms with Gasteiger partial charge in [-0.05, 0) is 52.3 Å². The minimum atomic E-state index is -4.47. The van der Waals surface area contributed by atoms with Gasteiger partial charge in [0.2, 0.25) is 5.91 Å². The highest BCUT2D eigenvalue weighted by molar-refractivity contribution is 5.94. The molecule has 0 aliphatic rings. The summed E-state index contributed by atoms with van der Waals surface area (Å²) < 4.78 is 44.3. The van der Waals surface area contributed by atoms with Gasteiger partial charge in [0.15, 0.2) is 0 Å². The van der Waals surface area contributed by atoms with E-state index in [0.717, 1.165) is 17.7 Å². The molecule has 0 bridgehead atoms. The van der Waals surface area contributed by atoms with Crippen molar-refractivity contribution < 1.29 is 22.5 Å². The van der Waals surface area contributed by atoms with Gasteiger partial charge >= 0.3 is 6.18 Å². The van der Waals surface area contributed by atoms with Gasteiger partial charge in [-0.3, -0.25) is 4.79 Å². The third-order valence-corrected chi connectivity index (χ3v) is 4.49. The third kappa shape index (κ3) is 5.02. The Bertz CT molecular complexity index is 776. The number of amides is 1. The molecule has 0 unspecified atom stereocenters. The summed E-state index contributed by atoms with van der Waals surface area (Å²) in [6, 6.07) is 3.42. The number of rotatable bonds is 7. The van der Waals surface area contributed by atoms with Crippen LogP contribution in [0.1, 0.15) is 42.8 Å². The van der Waals surface area contributed by atoms with Crippen molar-refractivity contribution in [2.45, 2.75) is 46.7 Å². The number of benzene rings is 1. The first kappa shape index (κ1) is 20.8. The smallest absolute Gasteiger partial charge is 0.370 e. The average Bonchev–Trinajstić information content (AvgIpc) is 2.92. The van der Waals surface area contributed by atoms with Gasteiger partial charge in [0.1, 0.15) is 5.76 Å². The summed E-state index contributed by atoms with van der Waals surface area (Å²) in [6.07, 6.45) is -3.94. The first-order valence-electron chi connectivity index (χ1n) is 8.85. The zero-order chi connectivity index (χ0) is 20.2. The molecule has 5 nitrogen and oxygen atoms in total. The van der Waals surface area contributed by atoms with Crippen LogP contribution in [0.4, 0.5) is 24.5 Å². The van der Waals surface area contributed by atoms with Gasteiger partial charge < -0.3 is 14.7 Å². The Morgan fingerprint density at radius 1 is 1.22 bits per heavy atom. The van der Waals surface area contributed by atoms with Crippen LogP contribution in [0.2, 0.25) is 0 Å². The first-order chi connectivity index (χ1) is 12.7. The van der Waals surface area contributed by atoms with Gasteiger partial charge in [0.25, 0.3) is 0 Å². The minimum Gasteiger partial charge on any atom is -0.370 e. The summed E-state index contributed by atoms with van der Waals surface area (Å²) >= 11 is 0. The van der Waals surface area contributed by atoms with Crippen LogP contribution < -0.4 is 10.2 Å². The summed E-state index contributed by atoms with van der Waals surface area (Å²) in [5.41, 5.74) is 1.50. The Morgan fingerprint density at radius 3 is 2.41 bits per heavy atom. The molecule has 1 heterocycles. The molecule has 1 aromatic heterocycles. The second-order valence-electron chi connectivity index (χ2n) is 6.25. The van der Waals surface area contributed by atoms with Crippen molar-refractivity contribution in [3.63, 3.8) is 0 Å². The summed E-state index contributed by atoms with van der Waals surface area (Å²) in [5, 5.41) is 6.48. The molecule has 2 aromatic rings. The molecule has 148 valence electrons. The highest BCUT2D eigenvalue weighted by Crippen LogP contribution is 2.35. The maximum Gasteiger partial charge on any atom is 0.416 e. The summed E-state index contributed by atoms with van der Waals surface area (Å²) in [6.45, 7) is 8.59. The lowest BCUT2D eigenvalue weighted by Crippen LogP contribution is -2.24. The monoisotopic (exact) mass is 383 g/mol. The number of nitrogens with one attached hydrogen (secondary N) is 1. The molecule has 0 fully saturated rings. The standard InChI is InChI=1S/C19H24F3N3O2/c1-5-25(6-2)17-9-7-14(19(20,21)22)11-16(17)23-18(26)10-8-15-12(3)24-27-13(15)4/h7,9,11H,5-6,8,10H2,1-4H3,(H,23,26). The zero-order valence-electron chi connectivity index (χ0n) is 15.9. The fourth-order valence-electron chi connectivity index (χ4n) is 2.96. The van der Waals surface area contributed by atoms with Gasteiger partial charge in [0.05, 0.1) is 22.6 Å². The van der Waals surface area contributed by atoms with E-state index in [1.807, 2.05) is 18.7 Å². The molecule has 0 radical (unpaired) electrons. The number of halogens is 3. The molecule has 0 spiro atoms. The number of nitrogens with zero attached hydrogens (tertiary/aromatic N) is 2. The van der Waals surface area contributed by atoms with Crippen LogP contribution >= 0.6 is 0 Å². The predicted octanol–water partition coefficient (Wildman–Crippen LogP) is 4.73. The Labute approximate surface area is 156 Å². The fraction of sp³-hybridized carbons (Fsp3) is 0.474. The van der Waals surface area contributed by atoms with E-state index in [9.17, 15) is 18.0 Å². The molecule has 0 saturated carbocycles. The maximum absolute atomic E-state index is 13.1. The van der Waals surface area contributed by atoms with Crippen molar-refractivity contribution in [3.05, 3.63) is 40.8 Å². The SMILES string of the molecule is CCN(CC)c1ccc(C(F)(F)F)cc1NC(=O)CCc1c(C)noc1C. The van der Waals surface area contributed by atoms with Gasteiger partial charge in [0, 0.05) is 25.1 Å². The molecular formula is C19H24F3N3O2. The summed E-state index contributed by atoms with van der Waals surface area (Å²) in [4.78, 5) is 14.3. The Morgan fingerprint density at radius 2 is 1.89 bits per heavy atom. The quantitative estimate of drug-likeness (QED) is 0.751. The van der Waals surface area contributed by atoms with E-state index in [4.69, 9.17) is 4.52 Å². The second kappa shape index (κ2) is 8.45. The number of carbonyl (C=O) groups is 1. The van der Waals surface area contributed by atoms with E-state index < -0.39 is 11.7 Å². The van der Waals surface area contributed by atoms with Crippen LogP contribution in [-0.2, 0) is 17.4 Å². The van der Waals surface area contributed by atoms with Gasteiger partial charge in [-0.25, -0.2) is 0 Å². The van der Waals surface area contributed by atoms with Crippen LogP contribution in [0.25, 0.3) is 0 Å². The highest BCUT2D eigenvalue weighted by Gasteiger charge is 2.31. The maximum atomic E-state index is 13.1. The number of aryl methyl sites for hydroxylation is 2. The van der Waals surface area contributed by atoms with Crippen molar-refractivity contribution in [3.8, 4) is 0 Å². The van der Waals surface area contributed by atoms with Crippen LogP contribution in [0, 0.1) is 13.8 Å². The Kier molecular flexibility index (Phi) is 6.51. The number of carbonyl (C=O) groups excluding carboxylic acids is 1. The molecule has 2 rings (SSSR count). The molecular weight excluding hydrogens is 359 g/mol. The van der Waals surface area contributed by atoms with Crippen LogP contribution in [0.5, 0.6) is 0 Å². The highest BCUT2D eigenvalue weighted by atomic mass is 19.4. The van der Waals surface area contributed by atoms with Crippen molar-refractivity contribution in [1.29, 1.82) is 0 Å². The number of hydrogen-bond donors (Lipinski definition) is 1. The third-order valence-electron chi connectivity index (χ3n) is 4.49. The Balaban J connectivity index is 2.22. The van der Waals surface area contributed by atoms with E-state index >= 15 is 0 Å². The molecule has 1 aromatic carbocycles. The molecule has 27 heavy (non-hydrogen) atoms. The van der Waals surface area contributed by atoms with Crippen molar-refractivity contribution >= 4 is 17.3 Å². The fourth-order valence-corrected chi connectivity index (χ4v) is 2.96. The first-order valence-corrected chi connectivity index (χ1v) is 8.85. The summed E-state index contributed by atoms with van der Waals surface area (Å²) in [7, 11) is 0. The second-order valence-corrected chi connectivity index (χ2v) is 6.25. The van der Waals surface area contributed by atoms with E-state index in [-0.39, 0.29) is 18.0 Å². The predicted molar refractivity (Wildman–Crippen MR) is 97.9 cm³/mol. The van der Waals surface area contributed by atoms with E-state index in [2.05, 4.69) is 10.5 Å². The van der Waals surface area contributed by atoms with Crippen LogP contribution in [0.15, 0.2) is 22.7 Å². The van der Waals surface area contributed by atoms with Gasteiger partial charge in [-0.15, -0.1) is 0 Å². The number of hydrogen-bond acceptors (Lipinski definition) is 4. The van der Waals surface area contributed by atoms with E-state index in [0.29, 0.717) is 36.7 Å². The van der Waals surface area contributed by atoms with E-state index in [1.165, 1.54) is 6.07 Å². The number of aromatic nitrogens is 1. The summed E-state index contributed by atoms with van der Waals surface area (Å²) in [5.74, 6) is 0.283. The largest absolute Gasteiger partial charge is 0.416 e. The van der Waals surface area contributed by atoms with Crippen molar-refractivity contribution in [2.24, 2.45) is 0 Å². The van der Waals surface area contributed by atoms with Gasteiger partial charge in [-0.1, -0.05) is 5.16 Å². The number of alkyl halides is 3. The molecule has 1 amide bonds. The Hall–Kier alpha value is -2.51. The minimum absolute atomic E-state index is 0.122. The molecule has 0 saturated heterocycles. The molecule has 8 heteroatoms. The van der Waals surface area contributed by atoms with Crippen molar-refractivity contribution in [2.75, 3.05) is 23.3 Å². The number of anilines is 2. The normalized spacial score (nSPS) is 11.5. The molecule has 0 atom stereocenters.